The van der Waals surface area contributed by atoms with Crippen molar-refractivity contribution in [2.45, 2.75) is 18.9 Å². The highest BCUT2D eigenvalue weighted by molar-refractivity contribution is 5.94. The number of rotatable bonds is 3. The van der Waals surface area contributed by atoms with E-state index >= 15 is 0 Å². The first-order valence-corrected chi connectivity index (χ1v) is 7.44. The lowest BCUT2D eigenvalue weighted by Crippen LogP contribution is -2.44. The third kappa shape index (κ3) is 3.64. The average molecular weight is 318 g/mol. The third-order valence-corrected chi connectivity index (χ3v) is 3.78. The minimum absolute atomic E-state index is 0.125. The van der Waals surface area contributed by atoms with Crippen molar-refractivity contribution in [1.29, 1.82) is 0 Å². The van der Waals surface area contributed by atoms with Crippen molar-refractivity contribution in [3.63, 3.8) is 0 Å². The van der Waals surface area contributed by atoms with Crippen molar-refractivity contribution in [2.75, 3.05) is 13.1 Å². The van der Waals surface area contributed by atoms with E-state index in [0.29, 0.717) is 18.8 Å². The normalized spacial score (nSPS) is 17.8. The lowest BCUT2D eigenvalue weighted by molar-refractivity contribution is 0.0537. The number of aromatic nitrogens is 1. The van der Waals surface area contributed by atoms with Gasteiger partial charge >= 0.3 is 0 Å². The number of hydrogen-bond acceptors (Lipinski definition) is 3. The lowest BCUT2D eigenvalue weighted by atomic mass is 10.1. The molecule has 1 fully saturated rings. The predicted octanol–water partition coefficient (Wildman–Crippen LogP) is 3.04. The van der Waals surface area contributed by atoms with Crippen molar-refractivity contribution < 1.29 is 18.3 Å². The van der Waals surface area contributed by atoms with Crippen LogP contribution >= 0.6 is 0 Å². The number of carbonyl (C=O) groups excluding carboxylic acids is 1. The highest BCUT2D eigenvalue weighted by atomic mass is 19.2. The van der Waals surface area contributed by atoms with Gasteiger partial charge in [0, 0.05) is 24.5 Å². The summed E-state index contributed by atoms with van der Waals surface area (Å²) in [6, 6.07) is 6.72. The zero-order chi connectivity index (χ0) is 16.2. The van der Waals surface area contributed by atoms with Crippen LogP contribution in [-0.2, 0) is 0 Å². The number of pyridine rings is 1. The quantitative estimate of drug-likeness (QED) is 0.873. The van der Waals surface area contributed by atoms with Gasteiger partial charge in [0.15, 0.2) is 11.6 Å². The van der Waals surface area contributed by atoms with Crippen LogP contribution < -0.4 is 4.74 Å². The molecule has 2 heterocycles. The second-order valence-electron chi connectivity index (χ2n) is 5.45. The second-order valence-corrected chi connectivity index (χ2v) is 5.45. The monoisotopic (exact) mass is 318 g/mol. The molecule has 1 amide bonds. The smallest absolute Gasteiger partial charge is 0.254 e. The van der Waals surface area contributed by atoms with Gasteiger partial charge in [-0.25, -0.2) is 8.78 Å². The number of amides is 1. The standard InChI is InChI=1S/C17H16F2N2O2/c18-15-4-3-12(10-16(15)19)17(22)21-9-1-2-14(11-21)23-13-5-7-20-8-6-13/h3-8,10,14H,1-2,9,11H2/t14-/m1/s1. The molecule has 23 heavy (non-hydrogen) atoms. The number of benzene rings is 1. The molecule has 1 atom stereocenters. The lowest BCUT2D eigenvalue weighted by Gasteiger charge is -2.33. The second kappa shape index (κ2) is 6.73. The van der Waals surface area contributed by atoms with Gasteiger partial charge < -0.3 is 9.64 Å². The SMILES string of the molecule is O=C(c1ccc(F)c(F)c1)N1CCC[C@@H](Oc2ccncc2)C1. The van der Waals surface area contributed by atoms with Crippen LogP contribution in [0.25, 0.3) is 0 Å². The molecule has 0 radical (unpaired) electrons. The fourth-order valence-corrected chi connectivity index (χ4v) is 2.64. The fraction of sp³-hybridized carbons (Fsp3) is 0.294. The molecule has 0 spiro atoms. The highest BCUT2D eigenvalue weighted by Gasteiger charge is 2.26. The predicted molar refractivity (Wildman–Crippen MR) is 80.1 cm³/mol. The van der Waals surface area contributed by atoms with Crippen LogP contribution in [0, 0.1) is 11.6 Å². The van der Waals surface area contributed by atoms with Crippen LogP contribution in [0.3, 0.4) is 0 Å². The summed E-state index contributed by atoms with van der Waals surface area (Å²) in [6.07, 6.45) is 4.79. The van der Waals surface area contributed by atoms with Crippen LogP contribution in [0.15, 0.2) is 42.7 Å². The Balaban J connectivity index is 1.68. The Morgan fingerprint density at radius 2 is 1.96 bits per heavy atom. The molecule has 0 bridgehead atoms. The summed E-state index contributed by atoms with van der Waals surface area (Å²) < 4.78 is 32.1. The fourth-order valence-electron chi connectivity index (χ4n) is 2.64. The third-order valence-electron chi connectivity index (χ3n) is 3.78. The van der Waals surface area contributed by atoms with Gasteiger partial charge in [-0.3, -0.25) is 9.78 Å². The number of halogens is 2. The number of nitrogens with zero attached hydrogens (tertiary/aromatic N) is 2. The van der Waals surface area contributed by atoms with Crippen LogP contribution in [0.1, 0.15) is 23.2 Å². The molecule has 0 saturated carbocycles. The van der Waals surface area contributed by atoms with Gasteiger partial charge in [0.05, 0.1) is 6.54 Å². The van der Waals surface area contributed by atoms with Crippen LogP contribution in [0.4, 0.5) is 8.78 Å². The number of likely N-dealkylation sites (tertiary alicyclic amines) is 1. The summed E-state index contributed by atoms with van der Waals surface area (Å²) >= 11 is 0. The Labute approximate surface area is 132 Å². The molecule has 0 aliphatic carbocycles. The van der Waals surface area contributed by atoms with Crippen LogP contribution in [-0.4, -0.2) is 35.0 Å². The minimum atomic E-state index is -1.02. The van der Waals surface area contributed by atoms with Gasteiger partial charge in [-0.1, -0.05) is 0 Å². The molecular weight excluding hydrogens is 302 g/mol. The summed E-state index contributed by atoms with van der Waals surface area (Å²) in [7, 11) is 0. The maximum atomic E-state index is 13.3. The maximum absolute atomic E-state index is 13.3. The number of hydrogen-bond donors (Lipinski definition) is 0. The van der Waals surface area contributed by atoms with Gasteiger partial charge in [0.1, 0.15) is 11.9 Å². The van der Waals surface area contributed by atoms with Crippen LogP contribution in [0.2, 0.25) is 0 Å². The number of piperidine rings is 1. The summed E-state index contributed by atoms with van der Waals surface area (Å²) in [5.74, 6) is -1.59. The van der Waals surface area contributed by atoms with Crippen molar-refractivity contribution in [2.24, 2.45) is 0 Å². The molecule has 1 aliphatic rings. The highest BCUT2D eigenvalue weighted by Crippen LogP contribution is 2.20. The van der Waals surface area contributed by atoms with E-state index in [9.17, 15) is 13.6 Å². The van der Waals surface area contributed by atoms with Crippen molar-refractivity contribution in [3.8, 4) is 5.75 Å². The van der Waals surface area contributed by atoms with E-state index in [1.54, 1.807) is 29.4 Å². The van der Waals surface area contributed by atoms with E-state index in [2.05, 4.69) is 4.98 Å². The van der Waals surface area contributed by atoms with Crippen molar-refractivity contribution in [1.82, 2.24) is 9.88 Å². The molecule has 6 heteroatoms. The van der Waals surface area contributed by atoms with E-state index in [-0.39, 0.29) is 17.6 Å². The van der Waals surface area contributed by atoms with E-state index in [1.807, 2.05) is 0 Å². The maximum Gasteiger partial charge on any atom is 0.254 e. The zero-order valence-electron chi connectivity index (χ0n) is 12.4. The van der Waals surface area contributed by atoms with Gasteiger partial charge in [-0.15, -0.1) is 0 Å². The molecule has 120 valence electrons. The Morgan fingerprint density at radius 1 is 1.17 bits per heavy atom. The summed E-state index contributed by atoms with van der Waals surface area (Å²) in [5.41, 5.74) is 0.147. The first-order valence-electron chi connectivity index (χ1n) is 7.44. The molecule has 2 aromatic rings. The van der Waals surface area contributed by atoms with Gasteiger partial charge in [-0.05, 0) is 43.2 Å². The Kier molecular flexibility index (Phi) is 4.50. The van der Waals surface area contributed by atoms with Gasteiger partial charge in [-0.2, -0.15) is 0 Å². The molecule has 0 unspecified atom stereocenters. The summed E-state index contributed by atoms with van der Waals surface area (Å²) in [5, 5.41) is 0. The summed E-state index contributed by atoms with van der Waals surface area (Å²) in [6.45, 7) is 0.994. The molecule has 3 rings (SSSR count). The van der Waals surface area contributed by atoms with E-state index in [4.69, 9.17) is 4.74 Å². The number of ether oxygens (including phenoxy) is 1. The van der Waals surface area contributed by atoms with E-state index in [0.717, 1.165) is 25.0 Å². The zero-order valence-corrected chi connectivity index (χ0v) is 12.4. The summed E-state index contributed by atoms with van der Waals surface area (Å²) in [4.78, 5) is 18.0. The van der Waals surface area contributed by atoms with Crippen molar-refractivity contribution >= 4 is 5.91 Å². The molecular formula is C17H16F2N2O2. The molecule has 0 N–H and O–H groups in total. The topological polar surface area (TPSA) is 42.4 Å². The number of carbonyl (C=O) groups is 1. The molecule has 1 saturated heterocycles. The average Bonchev–Trinajstić information content (AvgIpc) is 2.58. The van der Waals surface area contributed by atoms with E-state index in [1.165, 1.54) is 6.07 Å². The minimum Gasteiger partial charge on any atom is -0.488 e. The first-order chi connectivity index (χ1) is 11.1. The Morgan fingerprint density at radius 3 is 2.70 bits per heavy atom. The Bertz CT molecular complexity index is 694. The van der Waals surface area contributed by atoms with E-state index < -0.39 is 11.6 Å². The first kappa shape index (κ1) is 15.4. The molecule has 4 nitrogen and oxygen atoms in total. The largest absolute Gasteiger partial charge is 0.488 e. The van der Waals surface area contributed by atoms with Crippen LogP contribution in [0.5, 0.6) is 5.75 Å². The van der Waals surface area contributed by atoms with Crippen molar-refractivity contribution in [3.05, 3.63) is 59.9 Å². The molecule has 1 aliphatic heterocycles. The molecule has 1 aromatic carbocycles. The van der Waals surface area contributed by atoms with Gasteiger partial charge in [0.2, 0.25) is 0 Å². The van der Waals surface area contributed by atoms with Gasteiger partial charge in [0.25, 0.3) is 5.91 Å². The Hall–Kier alpha value is -2.50. The molecule has 1 aromatic heterocycles.